The van der Waals surface area contributed by atoms with Gasteiger partial charge in [0.15, 0.2) is 5.16 Å². The maximum Gasteiger partial charge on any atom is 0.338 e. The van der Waals surface area contributed by atoms with Gasteiger partial charge in [-0.2, -0.15) is 0 Å². The average molecular weight is 414 g/mol. The molecule has 0 radical (unpaired) electrons. The zero-order valence-electron chi connectivity index (χ0n) is 15.8. The monoisotopic (exact) mass is 414 g/mol. The van der Waals surface area contributed by atoms with E-state index in [1.54, 1.807) is 11.6 Å². The highest BCUT2D eigenvalue weighted by Gasteiger charge is 2.20. The van der Waals surface area contributed by atoms with Gasteiger partial charge < -0.3 is 14.0 Å². The van der Waals surface area contributed by atoms with Crippen LogP contribution in [-0.2, 0) is 11.8 Å². The van der Waals surface area contributed by atoms with E-state index in [0.29, 0.717) is 15.8 Å². The molecule has 1 aromatic heterocycles. The third-order valence-corrected chi connectivity index (χ3v) is 4.95. The summed E-state index contributed by atoms with van der Waals surface area (Å²) in [5.74, 6) is 0.0259. The standard InChI is InChI=1S/C19H18N4O5S/c1-13-4-3-5-15(10-13)27-8-9-28-18(24)14-6-7-17(16(11-14)23(25)26)29-19-21-20-12-22(19)2/h3-7,10-12H,8-9H2,1-2H3. The summed E-state index contributed by atoms with van der Waals surface area (Å²) in [7, 11) is 1.73. The second kappa shape index (κ2) is 9.20. The molecular formula is C19H18N4O5S. The number of aromatic nitrogens is 3. The molecule has 0 amide bonds. The minimum absolute atomic E-state index is 0.0238. The number of nitrogens with zero attached hydrogens (tertiary/aromatic N) is 4. The van der Waals surface area contributed by atoms with Gasteiger partial charge in [0, 0.05) is 13.1 Å². The van der Waals surface area contributed by atoms with E-state index in [2.05, 4.69) is 10.2 Å². The number of aryl methyl sites for hydroxylation is 2. The first-order chi connectivity index (χ1) is 13.9. The van der Waals surface area contributed by atoms with Crippen LogP contribution in [0.25, 0.3) is 0 Å². The Kier molecular flexibility index (Phi) is 6.45. The molecule has 0 saturated carbocycles. The lowest BCUT2D eigenvalue weighted by Crippen LogP contribution is -2.12. The van der Waals surface area contributed by atoms with Gasteiger partial charge in [0.25, 0.3) is 5.69 Å². The van der Waals surface area contributed by atoms with E-state index in [1.807, 2.05) is 31.2 Å². The Balaban J connectivity index is 1.62. The van der Waals surface area contributed by atoms with Crippen molar-refractivity contribution in [2.24, 2.45) is 7.05 Å². The Bertz CT molecular complexity index is 1040. The van der Waals surface area contributed by atoms with Gasteiger partial charge in [0.05, 0.1) is 15.4 Å². The number of ether oxygens (including phenoxy) is 2. The predicted octanol–water partition coefficient (Wildman–Crippen LogP) is 3.42. The van der Waals surface area contributed by atoms with Gasteiger partial charge in [-0.1, -0.05) is 12.1 Å². The zero-order chi connectivity index (χ0) is 20.8. The topological polar surface area (TPSA) is 109 Å². The molecular weight excluding hydrogens is 396 g/mol. The van der Waals surface area contributed by atoms with Crippen LogP contribution in [0.3, 0.4) is 0 Å². The van der Waals surface area contributed by atoms with Crippen LogP contribution in [0.4, 0.5) is 5.69 Å². The van der Waals surface area contributed by atoms with E-state index >= 15 is 0 Å². The summed E-state index contributed by atoms with van der Waals surface area (Å²) < 4.78 is 12.3. The van der Waals surface area contributed by atoms with Gasteiger partial charge in [0.1, 0.15) is 25.3 Å². The fraction of sp³-hybridized carbons (Fsp3) is 0.211. The highest BCUT2D eigenvalue weighted by atomic mass is 32.2. The molecule has 0 aliphatic carbocycles. The summed E-state index contributed by atoms with van der Waals surface area (Å²) in [6, 6.07) is 11.7. The first-order valence-electron chi connectivity index (χ1n) is 8.61. The van der Waals surface area contributed by atoms with Gasteiger partial charge in [0.2, 0.25) is 0 Å². The Labute approximate surface area is 170 Å². The molecule has 0 saturated heterocycles. The zero-order valence-corrected chi connectivity index (χ0v) is 16.6. The molecule has 29 heavy (non-hydrogen) atoms. The minimum Gasteiger partial charge on any atom is -0.490 e. The van der Waals surface area contributed by atoms with Crippen molar-refractivity contribution in [3.63, 3.8) is 0 Å². The van der Waals surface area contributed by atoms with Gasteiger partial charge in [-0.25, -0.2) is 4.79 Å². The molecule has 0 spiro atoms. The summed E-state index contributed by atoms with van der Waals surface area (Å²) in [5.41, 5.74) is 0.948. The molecule has 10 heteroatoms. The minimum atomic E-state index is -0.656. The van der Waals surface area contributed by atoms with Crippen molar-refractivity contribution in [2.45, 2.75) is 17.0 Å². The molecule has 3 rings (SSSR count). The van der Waals surface area contributed by atoms with Crippen LogP contribution in [0.5, 0.6) is 5.75 Å². The maximum absolute atomic E-state index is 12.2. The first-order valence-corrected chi connectivity index (χ1v) is 9.42. The fourth-order valence-corrected chi connectivity index (χ4v) is 3.27. The molecule has 0 aliphatic rings. The van der Waals surface area contributed by atoms with E-state index in [4.69, 9.17) is 9.47 Å². The van der Waals surface area contributed by atoms with Crippen LogP contribution < -0.4 is 4.74 Å². The second-order valence-corrected chi connectivity index (χ2v) is 7.08. The largest absolute Gasteiger partial charge is 0.490 e. The highest BCUT2D eigenvalue weighted by Crippen LogP contribution is 2.34. The van der Waals surface area contributed by atoms with Crippen molar-refractivity contribution >= 4 is 23.4 Å². The van der Waals surface area contributed by atoms with Crippen LogP contribution in [-0.4, -0.2) is 38.9 Å². The molecule has 1 heterocycles. The molecule has 0 aliphatic heterocycles. The van der Waals surface area contributed by atoms with Gasteiger partial charge >= 0.3 is 5.97 Å². The van der Waals surface area contributed by atoms with Gasteiger partial charge in [-0.3, -0.25) is 10.1 Å². The van der Waals surface area contributed by atoms with Crippen LogP contribution in [0, 0.1) is 17.0 Å². The van der Waals surface area contributed by atoms with Crippen LogP contribution in [0.1, 0.15) is 15.9 Å². The third kappa shape index (κ3) is 5.32. The normalized spacial score (nSPS) is 10.6. The van der Waals surface area contributed by atoms with Crippen molar-refractivity contribution in [3.8, 4) is 5.75 Å². The summed E-state index contributed by atoms with van der Waals surface area (Å²) >= 11 is 1.09. The van der Waals surface area contributed by atoms with E-state index in [-0.39, 0.29) is 24.5 Å². The molecule has 0 atom stereocenters. The summed E-state index contributed by atoms with van der Waals surface area (Å²) in [6.45, 7) is 2.15. The smallest absolute Gasteiger partial charge is 0.338 e. The van der Waals surface area contributed by atoms with Crippen LogP contribution in [0.15, 0.2) is 58.8 Å². The summed E-state index contributed by atoms with van der Waals surface area (Å²) in [6.07, 6.45) is 1.50. The van der Waals surface area contributed by atoms with Crippen molar-refractivity contribution in [2.75, 3.05) is 13.2 Å². The van der Waals surface area contributed by atoms with Gasteiger partial charge in [-0.05, 0) is 48.5 Å². The molecule has 150 valence electrons. The number of esters is 1. The van der Waals surface area contributed by atoms with Crippen molar-refractivity contribution < 1.29 is 19.2 Å². The van der Waals surface area contributed by atoms with E-state index in [0.717, 1.165) is 17.3 Å². The van der Waals surface area contributed by atoms with Crippen LogP contribution in [0.2, 0.25) is 0 Å². The molecule has 2 aromatic carbocycles. The number of hydrogen-bond donors (Lipinski definition) is 0. The number of rotatable bonds is 8. The van der Waals surface area contributed by atoms with E-state index in [1.165, 1.54) is 24.5 Å². The average Bonchev–Trinajstić information content (AvgIpc) is 3.10. The lowest BCUT2D eigenvalue weighted by Gasteiger charge is -2.09. The molecule has 9 nitrogen and oxygen atoms in total. The SMILES string of the molecule is Cc1cccc(OCCOC(=O)c2ccc(Sc3nncn3C)c([N+](=O)[O-])c2)c1. The molecule has 0 N–H and O–H groups in total. The van der Waals surface area contributed by atoms with E-state index < -0.39 is 10.9 Å². The number of nitro groups is 1. The quantitative estimate of drug-likeness (QED) is 0.239. The predicted molar refractivity (Wildman–Crippen MR) is 105 cm³/mol. The lowest BCUT2D eigenvalue weighted by molar-refractivity contribution is -0.387. The number of benzene rings is 2. The number of carbonyl (C=O) groups is 1. The highest BCUT2D eigenvalue weighted by molar-refractivity contribution is 7.99. The van der Waals surface area contributed by atoms with Crippen LogP contribution >= 0.6 is 11.8 Å². The van der Waals surface area contributed by atoms with E-state index in [9.17, 15) is 14.9 Å². The van der Waals surface area contributed by atoms with Crippen molar-refractivity contribution in [1.29, 1.82) is 0 Å². The molecule has 3 aromatic rings. The summed E-state index contributed by atoms with van der Waals surface area (Å²) in [5, 5.41) is 19.6. The van der Waals surface area contributed by atoms with Crippen molar-refractivity contribution in [1.82, 2.24) is 14.8 Å². The maximum atomic E-state index is 12.2. The third-order valence-electron chi connectivity index (χ3n) is 3.84. The fourth-order valence-electron chi connectivity index (χ4n) is 2.42. The second-order valence-electron chi connectivity index (χ2n) is 6.07. The Morgan fingerprint density at radius 3 is 2.76 bits per heavy atom. The Morgan fingerprint density at radius 1 is 1.24 bits per heavy atom. The molecule has 0 unspecified atom stereocenters. The lowest BCUT2D eigenvalue weighted by atomic mass is 10.2. The number of carbonyl (C=O) groups excluding carboxylic acids is 1. The Morgan fingerprint density at radius 2 is 2.07 bits per heavy atom. The first kappa shape index (κ1) is 20.3. The Hall–Kier alpha value is -3.40. The summed E-state index contributed by atoms with van der Waals surface area (Å²) in [4.78, 5) is 23.5. The molecule has 0 fully saturated rings. The van der Waals surface area contributed by atoms with Crippen molar-refractivity contribution in [3.05, 3.63) is 70.0 Å². The molecule has 0 bridgehead atoms. The van der Waals surface area contributed by atoms with Gasteiger partial charge in [-0.15, -0.1) is 10.2 Å². The number of hydrogen-bond acceptors (Lipinski definition) is 8. The number of nitro benzene ring substituents is 1.